The van der Waals surface area contributed by atoms with Crippen LogP contribution in [0.3, 0.4) is 0 Å². The average Bonchev–Trinajstić information content (AvgIpc) is 2.90. The molecule has 2 heterocycles. The van der Waals surface area contributed by atoms with E-state index in [-0.39, 0.29) is 5.97 Å². The number of pyridine rings is 1. The normalized spacial score (nSPS) is 11.4. The number of carbonyl (C=O) groups is 1. The van der Waals surface area contributed by atoms with Gasteiger partial charge >= 0.3 is 5.97 Å². The van der Waals surface area contributed by atoms with Crippen molar-refractivity contribution in [1.82, 2.24) is 9.97 Å². The number of aromatic nitrogens is 2. The average molecular weight is 290 g/mol. The maximum atomic E-state index is 12.0. The summed E-state index contributed by atoms with van der Waals surface area (Å²) < 4.78 is 5.10. The number of hydrogen-bond donors (Lipinski definition) is 0. The summed E-state index contributed by atoms with van der Waals surface area (Å²) in [6, 6.07) is 3.94. The minimum Gasteiger partial charge on any atom is -0.465 e. The van der Waals surface area contributed by atoms with Crippen molar-refractivity contribution in [2.45, 2.75) is 33.1 Å². The second-order valence-electron chi connectivity index (χ2n) is 5.10. The Kier molecular flexibility index (Phi) is 4.18. The third-order valence-corrected chi connectivity index (χ3v) is 3.93. The maximum Gasteiger partial charge on any atom is 0.317 e. The highest BCUT2D eigenvalue weighted by Gasteiger charge is 2.34. The van der Waals surface area contributed by atoms with Gasteiger partial charge in [-0.25, -0.2) is 4.98 Å². The van der Waals surface area contributed by atoms with Gasteiger partial charge < -0.3 is 4.74 Å². The zero-order valence-corrected chi connectivity index (χ0v) is 13.0. The van der Waals surface area contributed by atoms with Gasteiger partial charge in [0.05, 0.1) is 18.0 Å². The molecular formula is C15H18N2O2S. The van der Waals surface area contributed by atoms with Gasteiger partial charge in [0.2, 0.25) is 0 Å². The number of nitrogens with zero attached hydrogens (tertiary/aromatic N) is 2. The van der Waals surface area contributed by atoms with Gasteiger partial charge in [-0.3, -0.25) is 9.78 Å². The first kappa shape index (κ1) is 14.7. The van der Waals surface area contributed by atoms with E-state index in [2.05, 4.69) is 9.97 Å². The first-order valence-corrected chi connectivity index (χ1v) is 7.39. The molecule has 2 aromatic heterocycles. The Morgan fingerprint density at radius 3 is 2.75 bits per heavy atom. The second kappa shape index (κ2) is 5.71. The summed E-state index contributed by atoms with van der Waals surface area (Å²) in [5.74, 6) is -0.256. The van der Waals surface area contributed by atoms with E-state index in [9.17, 15) is 4.79 Å². The highest BCUT2D eigenvalue weighted by atomic mass is 32.1. The first-order chi connectivity index (χ1) is 9.45. The standard InChI is InChI=1S/C15H18N2O2S/c1-5-19-14(18)15(3,4)12-9-20-13(17-12)11-7-6-10(2)8-16-11/h6-9H,5H2,1-4H3. The Balaban J connectivity index is 2.28. The van der Waals surface area contributed by atoms with Crippen molar-refractivity contribution >= 4 is 17.3 Å². The molecule has 0 fully saturated rings. The maximum absolute atomic E-state index is 12.0. The molecule has 0 atom stereocenters. The van der Waals surface area contributed by atoms with Crippen LogP contribution in [0.2, 0.25) is 0 Å². The van der Waals surface area contributed by atoms with Crippen molar-refractivity contribution in [2.24, 2.45) is 0 Å². The smallest absolute Gasteiger partial charge is 0.317 e. The predicted molar refractivity (Wildman–Crippen MR) is 79.7 cm³/mol. The van der Waals surface area contributed by atoms with E-state index < -0.39 is 5.41 Å². The van der Waals surface area contributed by atoms with Gasteiger partial charge in [0.15, 0.2) is 0 Å². The lowest BCUT2D eigenvalue weighted by molar-refractivity contribution is -0.148. The summed E-state index contributed by atoms with van der Waals surface area (Å²) in [5, 5.41) is 2.71. The van der Waals surface area contributed by atoms with Gasteiger partial charge in [0.1, 0.15) is 10.4 Å². The lowest BCUT2D eigenvalue weighted by Crippen LogP contribution is -2.31. The summed E-state index contributed by atoms with van der Waals surface area (Å²) in [7, 11) is 0. The van der Waals surface area contributed by atoms with Crippen LogP contribution in [0.4, 0.5) is 0 Å². The molecule has 0 unspecified atom stereocenters. The van der Waals surface area contributed by atoms with Gasteiger partial charge in [-0.1, -0.05) is 6.07 Å². The van der Waals surface area contributed by atoms with E-state index in [1.165, 1.54) is 11.3 Å². The monoisotopic (exact) mass is 290 g/mol. The van der Waals surface area contributed by atoms with E-state index in [4.69, 9.17) is 4.74 Å². The van der Waals surface area contributed by atoms with Gasteiger partial charge in [-0.15, -0.1) is 11.3 Å². The summed E-state index contributed by atoms with van der Waals surface area (Å²) >= 11 is 1.49. The number of ether oxygens (including phenoxy) is 1. The summed E-state index contributed by atoms with van der Waals surface area (Å²) in [6.45, 7) is 7.82. The third-order valence-electron chi connectivity index (χ3n) is 3.06. The molecule has 0 radical (unpaired) electrons. The van der Waals surface area contributed by atoms with Crippen molar-refractivity contribution in [3.63, 3.8) is 0 Å². The number of thiazole rings is 1. The van der Waals surface area contributed by atoms with Crippen LogP contribution in [0.25, 0.3) is 10.7 Å². The lowest BCUT2D eigenvalue weighted by atomic mass is 9.90. The van der Waals surface area contributed by atoms with Crippen LogP contribution in [-0.2, 0) is 14.9 Å². The highest BCUT2D eigenvalue weighted by molar-refractivity contribution is 7.13. The molecule has 0 bridgehead atoms. The van der Waals surface area contributed by atoms with Gasteiger partial charge in [0, 0.05) is 11.6 Å². The minimum absolute atomic E-state index is 0.256. The van der Waals surface area contributed by atoms with E-state index in [1.807, 2.05) is 44.5 Å². The molecule has 2 rings (SSSR count). The molecule has 0 aliphatic heterocycles. The van der Waals surface area contributed by atoms with Crippen LogP contribution in [0.5, 0.6) is 0 Å². The Labute approximate surface area is 122 Å². The number of aryl methyl sites for hydroxylation is 1. The second-order valence-corrected chi connectivity index (χ2v) is 5.96. The molecule has 0 aromatic carbocycles. The fraction of sp³-hybridized carbons (Fsp3) is 0.400. The van der Waals surface area contributed by atoms with Gasteiger partial charge in [-0.2, -0.15) is 0 Å². The van der Waals surface area contributed by atoms with Crippen LogP contribution >= 0.6 is 11.3 Å². The van der Waals surface area contributed by atoms with Crippen LogP contribution in [0.15, 0.2) is 23.7 Å². The predicted octanol–water partition coefficient (Wildman–Crippen LogP) is 3.35. The molecule has 0 spiro atoms. The quantitative estimate of drug-likeness (QED) is 0.810. The molecule has 0 saturated heterocycles. The Morgan fingerprint density at radius 1 is 1.40 bits per heavy atom. The van der Waals surface area contributed by atoms with Crippen molar-refractivity contribution in [2.75, 3.05) is 6.61 Å². The van der Waals surface area contributed by atoms with Crippen molar-refractivity contribution < 1.29 is 9.53 Å². The zero-order chi connectivity index (χ0) is 14.8. The molecule has 2 aromatic rings. The molecule has 0 aliphatic carbocycles. The Morgan fingerprint density at radius 2 is 2.15 bits per heavy atom. The van der Waals surface area contributed by atoms with Crippen LogP contribution in [0, 0.1) is 6.92 Å². The molecule has 5 heteroatoms. The molecule has 0 amide bonds. The molecule has 106 valence electrons. The SMILES string of the molecule is CCOC(=O)C(C)(C)c1csc(-c2ccc(C)cn2)n1. The summed E-state index contributed by atoms with van der Waals surface area (Å²) in [5.41, 5.74) is 1.91. The number of hydrogen-bond acceptors (Lipinski definition) is 5. The minimum atomic E-state index is -0.741. The molecule has 4 nitrogen and oxygen atoms in total. The van der Waals surface area contributed by atoms with Crippen LogP contribution < -0.4 is 0 Å². The summed E-state index contributed by atoms with van der Waals surface area (Å²) in [4.78, 5) is 20.9. The van der Waals surface area contributed by atoms with E-state index in [1.54, 1.807) is 6.92 Å². The van der Waals surface area contributed by atoms with Crippen molar-refractivity contribution in [1.29, 1.82) is 0 Å². The Bertz CT molecular complexity index is 603. The van der Waals surface area contributed by atoms with Crippen molar-refractivity contribution in [3.8, 4) is 10.7 Å². The zero-order valence-electron chi connectivity index (χ0n) is 12.1. The molecule has 0 N–H and O–H groups in total. The fourth-order valence-corrected chi connectivity index (χ4v) is 2.65. The van der Waals surface area contributed by atoms with Gasteiger partial charge in [0.25, 0.3) is 0 Å². The van der Waals surface area contributed by atoms with Crippen LogP contribution in [-0.4, -0.2) is 22.5 Å². The van der Waals surface area contributed by atoms with E-state index in [0.717, 1.165) is 22.0 Å². The third kappa shape index (κ3) is 2.88. The molecular weight excluding hydrogens is 272 g/mol. The summed E-state index contributed by atoms with van der Waals surface area (Å²) in [6.07, 6.45) is 1.81. The lowest BCUT2D eigenvalue weighted by Gasteiger charge is -2.19. The van der Waals surface area contributed by atoms with E-state index >= 15 is 0 Å². The topological polar surface area (TPSA) is 52.1 Å². The van der Waals surface area contributed by atoms with E-state index in [0.29, 0.717) is 6.61 Å². The van der Waals surface area contributed by atoms with Crippen molar-refractivity contribution in [3.05, 3.63) is 35.0 Å². The number of carbonyl (C=O) groups excluding carboxylic acids is 1. The fourth-order valence-electron chi connectivity index (χ4n) is 1.69. The first-order valence-electron chi connectivity index (χ1n) is 6.51. The molecule has 0 aliphatic rings. The van der Waals surface area contributed by atoms with Crippen LogP contribution in [0.1, 0.15) is 32.0 Å². The largest absolute Gasteiger partial charge is 0.465 e. The highest BCUT2D eigenvalue weighted by Crippen LogP contribution is 2.30. The number of rotatable bonds is 4. The number of esters is 1. The Hall–Kier alpha value is -1.75. The molecule has 20 heavy (non-hydrogen) atoms. The molecule has 0 saturated carbocycles. The van der Waals surface area contributed by atoms with Gasteiger partial charge in [-0.05, 0) is 39.3 Å².